The van der Waals surface area contributed by atoms with Crippen LogP contribution in [0.25, 0.3) is 11.1 Å². The third-order valence-electron chi connectivity index (χ3n) is 7.20. The van der Waals surface area contributed by atoms with Crippen LogP contribution >= 0.6 is 0 Å². The van der Waals surface area contributed by atoms with E-state index in [1.165, 1.54) is 19.4 Å². The summed E-state index contributed by atoms with van der Waals surface area (Å²) in [6.07, 6.45) is 1.76. The van der Waals surface area contributed by atoms with Crippen molar-refractivity contribution in [3.8, 4) is 22.6 Å². The van der Waals surface area contributed by atoms with Crippen molar-refractivity contribution < 1.29 is 38.1 Å². The van der Waals surface area contributed by atoms with Crippen LogP contribution in [-0.4, -0.2) is 62.1 Å². The van der Waals surface area contributed by atoms with Crippen LogP contribution < -0.4 is 14.8 Å². The Morgan fingerprint density at radius 2 is 1.81 bits per heavy atom. The van der Waals surface area contributed by atoms with Gasteiger partial charge in [-0.2, -0.15) is 0 Å². The molecule has 1 fully saturated rings. The number of carbonyl (C=O) groups is 3. The van der Waals surface area contributed by atoms with Crippen LogP contribution in [0.3, 0.4) is 0 Å². The molecular formula is C33H38N2O8. The molecule has 1 aliphatic rings. The number of hydrogen-bond donors (Lipinski definition) is 1. The second kappa shape index (κ2) is 15.2. The topological polar surface area (TPSA) is 122 Å². The van der Waals surface area contributed by atoms with Crippen LogP contribution in [0.2, 0.25) is 0 Å². The van der Waals surface area contributed by atoms with Gasteiger partial charge in [-0.1, -0.05) is 68.4 Å². The van der Waals surface area contributed by atoms with Crippen molar-refractivity contribution in [2.75, 3.05) is 27.1 Å². The normalized spacial score (nSPS) is 18.9. The molecule has 10 nitrogen and oxygen atoms in total. The number of pyridine rings is 1. The predicted octanol–water partition coefficient (Wildman–Crippen LogP) is 4.60. The van der Waals surface area contributed by atoms with Gasteiger partial charge in [0.05, 0.1) is 19.6 Å². The fraction of sp³-hybridized carbons (Fsp3) is 0.394. The lowest BCUT2D eigenvalue weighted by atomic mass is 9.90. The highest BCUT2D eigenvalue weighted by Crippen LogP contribution is 2.30. The molecule has 0 unspecified atom stereocenters. The first kappa shape index (κ1) is 31.5. The second-order valence-electron chi connectivity index (χ2n) is 10.6. The van der Waals surface area contributed by atoms with E-state index in [-0.39, 0.29) is 42.1 Å². The highest BCUT2D eigenvalue weighted by Gasteiger charge is 2.31. The number of benzene rings is 2. The molecular weight excluding hydrogens is 552 g/mol. The zero-order valence-corrected chi connectivity index (χ0v) is 24.9. The molecule has 0 aliphatic carbocycles. The van der Waals surface area contributed by atoms with E-state index in [0.29, 0.717) is 13.0 Å². The Labute approximate surface area is 251 Å². The summed E-state index contributed by atoms with van der Waals surface area (Å²) in [4.78, 5) is 42.6. The fourth-order valence-corrected chi connectivity index (χ4v) is 4.72. The molecule has 0 radical (unpaired) electrons. The molecule has 1 N–H and O–H groups in total. The number of aromatic nitrogens is 1. The number of esters is 2. The summed E-state index contributed by atoms with van der Waals surface area (Å²) < 4.78 is 27.8. The largest absolute Gasteiger partial charge is 0.493 e. The molecule has 3 aromatic rings. The maximum absolute atomic E-state index is 13.3. The van der Waals surface area contributed by atoms with Crippen molar-refractivity contribution in [3.05, 3.63) is 78.1 Å². The van der Waals surface area contributed by atoms with E-state index in [2.05, 4.69) is 34.6 Å². The smallest absolute Gasteiger partial charge is 0.329 e. The van der Waals surface area contributed by atoms with Gasteiger partial charge in [0.25, 0.3) is 5.91 Å². The van der Waals surface area contributed by atoms with Crippen molar-refractivity contribution in [1.82, 2.24) is 10.3 Å². The SMILES string of the molecule is COc1ccnc(C(=O)N[C@H]2CCOC[C@@H](Cc3ccccc3-c3ccccc3)[C@H](C)OC2=O)c1OCOC(=O)C(C)C. The van der Waals surface area contributed by atoms with E-state index in [1.54, 1.807) is 13.8 Å². The van der Waals surface area contributed by atoms with Gasteiger partial charge in [-0.3, -0.25) is 9.59 Å². The Kier molecular flexibility index (Phi) is 11.1. The van der Waals surface area contributed by atoms with Crippen molar-refractivity contribution >= 4 is 17.8 Å². The van der Waals surface area contributed by atoms with Gasteiger partial charge in [-0.05, 0) is 30.0 Å². The average Bonchev–Trinajstić information content (AvgIpc) is 3.07. The number of rotatable bonds is 10. The van der Waals surface area contributed by atoms with Gasteiger partial charge in [0.1, 0.15) is 12.1 Å². The molecule has 3 atom stereocenters. The van der Waals surface area contributed by atoms with Crippen molar-refractivity contribution in [2.45, 2.75) is 45.8 Å². The molecule has 0 saturated carbocycles. The average molecular weight is 591 g/mol. The van der Waals surface area contributed by atoms with E-state index in [9.17, 15) is 14.4 Å². The number of ether oxygens (including phenoxy) is 5. The molecule has 1 amide bonds. The van der Waals surface area contributed by atoms with Gasteiger partial charge in [0.2, 0.25) is 6.79 Å². The Bertz CT molecular complexity index is 1390. The van der Waals surface area contributed by atoms with Crippen LogP contribution in [0.5, 0.6) is 11.5 Å². The Morgan fingerprint density at radius 3 is 2.56 bits per heavy atom. The summed E-state index contributed by atoms with van der Waals surface area (Å²) in [6.45, 7) is 5.42. The zero-order valence-electron chi connectivity index (χ0n) is 24.9. The quantitative estimate of drug-likeness (QED) is 0.267. The molecule has 228 valence electrons. The first-order valence-corrected chi connectivity index (χ1v) is 14.3. The number of hydrogen-bond acceptors (Lipinski definition) is 9. The lowest BCUT2D eigenvalue weighted by Gasteiger charge is -2.25. The highest BCUT2D eigenvalue weighted by molar-refractivity contribution is 5.98. The number of amides is 1. The lowest BCUT2D eigenvalue weighted by Crippen LogP contribution is -2.44. The second-order valence-corrected chi connectivity index (χ2v) is 10.6. The van der Waals surface area contributed by atoms with Crippen LogP contribution in [0.4, 0.5) is 0 Å². The van der Waals surface area contributed by atoms with Crippen molar-refractivity contribution in [2.24, 2.45) is 11.8 Å². The molecule has 4 rings (SSSR count). The van der Waals surface area contributed by atoms with Crippen molar-refractivity contribution in [1.29, 1.82) is 0 Å². The third-order valence-corrected chi connectivity index (χ3v) is 7.20. The fourth-order valence-electron chi connectivity index (χ4n) is 4.72. The molecule has 43 heavy (non-hydrogen) atoms. The number of carbonyl (C=O) groups excluding carboxylic acids is 3. The minimum absolute atomic E-state index is 0.0164. The van der Waals surface area contributed by atoms with E-state index >= 15 is 0 Å². The summed E-state index contributed by atoms with van der Waals surface area (Å²) in [6, 6.07) is 18.8. The monoisotopic (exact) mass is 590 g/mol. The summed E-state index contributed by atoms with van der Waals surface area (Å²) in [5.74, 6) is -1.95. The maximum atomic E-state index is 13.3. The van der Waals surface area contributed by atoms with Gasteiger partial charge >= 0.3 is 11.9 Å². The molecule has 0 spiro atoms. The third kappa shape index (κ3) is 8.32. The Morgan fingerprint density at radius 1 is 1.07 bits per heavy atom. The Hall–Kier alpha value is -4.44. The van der Waals surface area contributed by atoms with Gasteiger partial charge in [-0.15, -0.1) is 0 Å². The number of methoxy groups -OCH3 is 1. The summed E-state index contributed by atoms with van der Waals surface area (Å²) in [5.41, 5.74) is 3.23. The van der Waals surface area contributed by atoms with E-state index < -0.39 is 36.8 Å². The van der Waals surface area contributed by atoms with Gasteiger partial charge in [-0.25, -0.2) is 9.78 Å². The van der Waals surface area contributed by atoms with Crippen LogP contribution in [0, 0.1) is 11.8 Å². The minimum Gasteiger partial charge on any atom is -0.493 e. The lowest BCUT2D eigenvalue weighted by molar-refractivity contribution is -0.154. The van der Waals surface area contributed by atoms with Crippen LogP contribution in [0.1, 0.15) is 43.2 Å². The maximum Gasteiger partial charge on any atom is 0.329 e. The van der Waals surface area contributed by atoms with Gasteiger partial charge in [0.15, 0.2) is 17.2 Å². The molecule has 2 aromatic carbocycles. The number of nitrogens with zero attached hydrogens (tertiary/aromatic N) is 1. The van der Waals surface area contributed by atoms with Crippen molar-refractivity contribution in [3.63, 3.8) is 0 Å². The molecule has 1 aliphatic heterocycles. The molecule has 2 heterocycles. The van der Waals surface area contributed by atoms with Gasteiger partial charge < -0.3 is 29.0 Å². The minimum atomic E-state index is -0.982. The van der Waals surface area contributed by atoms with Crippen LogP contribution in [-0.2, 0) is 30.2 Å². The predicted molar refractivity (Wildman–Crippen MR) is 159 cm³/mol. The summed E-state index contributed by atoms with van der Waals surface area (Å²) in [5, 5.41) is 2.71. The molecule has 0 bridgehead atoms. The number of cyclic esters (lactones) is 1. The summed E-state index contributed by atoms with van der Waals surface area (Å²) >= 11 is 0. The summed E-state index contributed by atoms with van der Waals surface area (Å²) in [7, 11) is 1.41. The van der Waals surface area contributed by atoms with Crippen LogP contribution in [0.15, 0.2) is 66.9 Å². The number of nitrogens with one attached hydrogen (secondary N) is 1. The van der Waals surface area contributed by atoms with E-state index in [0.717, 1.165) is 16.7 Å². The standard InChI is InChI=1S/C33H38N2O8/c1-21(2)32(37)42-20-41-30-28(39-4)14-16-34-29(30)31(36)35-27-15-17-40-19-25(22(3)43-33(27)38)18-24-12-8-9-13-26(24)23-10-6-5-7-11-23/h5-14,16,21-22,25,27H,15,17-20H2,1-4H3,(H,35,36)/t22-,25+,27-/m0/s1. The Balaban J connectivity index is 1.45. The first-order valence-electron chi connectivity index (χ1n) is 14.3. The highest BCUT2D eigenvalue weighted by atomic mass is 16.7. The first-order chi connectivity index (χ1) is 20.8. The van der Waals surface area contributed by atoms with Gasteiger partial charge in [0, 0.05) is 31.2 Å². The molecule has 1 aromatic heterocycles. The molecule has 10 heteroatoms. The van der Waals surface area contributed by atoms with E-state index in [1.807, 2.05) is 37.3 Å². The molecule has 1 saturated heterocycles. The van der Waals surface area contributed by atoms with E-state index in [4.69, 9.17) is 23.7 Å². The zero-order chi connectivity index (χ0) is 30.8.